The molecule has 4 rings (SSSR count). The minimum Gasteiger partial charge on any atom is -0.384 e. The minimum absolute atomic E-state index is 0.432. The molecule has 0 aliphatic carbocycles. The van der Waals surface area contributed by atoms with Gasteiger partial charge in [-0.1, -0.05) is 35.9 Å². The number of pyridine rings is 2. The van der Waals surface area contributed by atoms with Gasteiger partial charge in [-0.15, -0.1) is 5.10 Å². The number of anilines is 1. The molecule has 0 saturated carbocycles. The lowest BCUT2D eigenvalue weighted by Crippen LogP contribution is -1.98. The van der Waals surface area contributed by atoms with Gasteiger partial charge in [0.25, 0.3) is 0 Å². The zero-order chi connectivity index (χ0) is 16.5. The predicted molar refractivity (Wildman–Crippen MR) is 93.3 cm³/mol. The molecule has 118 valence electrons. The quantitative estimate of drug-likeness (QED) is 0.606. The first-order chi connectivity index (χ1) is 11.7. The Morgan fingerprint density at radius 2 is 1.83 bits per heavy atom. The lowest BCUT2D eigenvalue weighted by Gasteiger charge is -2.06. The number of benzene rings is 1. The number of fused-ring (bicyclic) bond motifs is 1. The molecular formula is C18H16N6. The zero-order valence-corrected chi connectivity index (χ0v) is 13.2. The average Bonchev–Trinajstić information content (AvgIpc) is 3.04. The first-order valence-corrected chi connectivity index (χ1v) is 7.68. The van der Waals surface area contributed by atoms with Gasteiger partial charge in [0, 0.05) is 17.7 Å². The van der Waals surface area contributed by atoms with Gasteiger partial charge in [0.1, 0.15) is 11.3 Å². The highest BCUT2D eigenvalue weighted by Crippen LogP contribution is 2.21. The number of hydrogen-bond donors (Lipinski definition) is 2. The van der Waals surface area contributed by atoms with Crippen molar-refractivity contribution in [1.29, 1.82) is 0 Å². The molecule has 0 aliphatic rings. The number of nitrogens with zero attached hydrogens (tertiary/aromatic N) is 4. The fourth-order valence-corrected chi connectivity index (χ4v) is 2.71. The molecule has 0 bridgehead atoms. The van der Waals surface area contributed by atoms with Crippen molar-refractivity contribution < 1.29 is 0 Å². The van der Waals surface area contributed by atoms with Crippen LogP contribution in [0.2, 0.25) is 0 Å². The molecule has 0 amide bonds. The Hall–Kier alpha value is -3.28. The number of aromatic amines is 1. The van der Waals surface area contributed by atoms with Crippen LogP contribution >= 0.6 is 0 Å². The lowest BCUT2D eigenvalue weighted by atomic mass is 10.1. The van der Waals surface area contributed by atoms with Crippen LogP contribution in [0.3, 0.4) is 0 Å². The fraction of sp³-hybridized carbons (Fsp3) is 0.111. The van der Waals surface area contributed by atoms with Crippen LogP contribution < -0.4 is 5.73 Å². The summed E-state index contributed by atoms with van der Waals surface area (Å²) in [5.41, 5.74) is 12.3. The van der Waals surface area contributed by atoms with Gasteiger partial charge in [0.15, 0.2) is 0 Å². The molecule has 0 spiro atoms. The van der Waals surface area contributed by atoms with Crippen LogP contribution in [-0.2, 0) is 6.42 Å². The van der Waals surface area contributed by atoms with Gasteiger partial charge in [0.2, 0.25) is 5.65 Å². The Morgan fingerprint density at radius 1 is 1.00 bits per heavy atom. The third-order valence-electron chi connectivity index (χ3n) is 3.92. The van der Waals surface area contributed by atoms with E-state index in [1.54, 1.807) is 0 Å². The molecule has 0 radical (unpaired) electrons. The summed E-state index contributed by atoms with van der Waals surface area (Å²) in [5.74, 6) is 0.432. The van der Waals surface area contributed by atoms with Crippen molar-refractivity contribution in [1.82, 2.24) is 25.4 Å². The van der Waals surface area contributed by atoms with Crippen LogP contribution in [0, 0.1) is 6.92 Å². The van der Waals surface area contributed by atoms with Gasteiger partial charge < -0.3 is 5.73 Å². The van der Waals surface area contributed by atoms with E-state index < -0.39 is 0 Å². The number of aromatic nitrogens is 5. The molecule has 6 heteroatoms. The minimum atomic E-state index is 0.432. The maximum absolute atomic E-state index is 5.86. The summed E-state index contributed by atoms with van der Waals surface area (Å²) in [5, 5.41) is 10.8. The standard InChI is InChI=1S/C18H16N6/c1-11-5-7-12(8-6-11)15-4-2-3-14(20-15)9-13-10-16(19)21-18-17(13)22-24-23-18/h2-8,10H,9H2,1H3,(H3,19,21,22,23,24). The second kappa shape index (κ2) is 5.73. The van der Waals surface area contributed by atoms with Crippen LogP contribution in [-0.4, -0.2) is 25.4 Å². The van der Waals surface area contributed by atoms with Gasteiger partial charge in [-0.25, -0.2) is 4.98 Å². The molecule has 0 atom stereocenters. The fourth-order valence-electron chi connectivity index (χ4n) is 2.71. The smallest absolute Gasteiger partial charge is 0.203 e. The molecule has 3 N–H and O–H groups in total. The van der Waals surface area contributed by atoms with Gasteiger partial charge in [-0.2, -0.15) is 10.3 Å². The monoisotopic (exact) mass is 316 g/mol. The van der Waals surface area contributed by atoms with E-state index in [1.165, 1.54) is 5.56 Å². The first kappa shape index (κ1) is 14.3. The van der Waals surface area contributed by atoms with Crippen molar-refractivity contribution in [2.45, 2.75) is 13.3 Å². The number of nitrogens with one attached hydrogen (secondary N) is 1. The van der Waals surface area contributed by atoms with E-state index in [9.17, 15) is 0 Å². The third-order valence-corrected chi connectivity index (χ3v) is 3.92. The van der Waals surface area contributed by atoms with E-state index in [-0.39, 0.29) is 0 Å². The Morgan fingerprint density at radius 3 is 2.67 bits per heavy atom. The third kappa shape index (κ3) is 2.69. The van der Waals surface area contributed by atoms with E-state index >= 15 is 0 Å². The van der Waals surface area contributed by atoms with Crippen molar-refractivity contribution in [2.75, 3.05) is 5.73 Å². The summed E-state index contributed by atoms with van der Waals surface area (Å²) < 4.78 is 0. The molecule has 0 aliphatic heterocycles. The summed E-state index contributed by atoms with van der Waals surface area (Å²) >= 11 is 0. The van der Waals surface area contributed by atoms with E-state index in [4.69, 9.17) is 10.7 Å². The molecule has 0 fully saturated rings. The molecule has 24 heavy (non-hydrogen) atoms. The molecular weight excluding hydrogens is 300 g/mol. The van der Waals surface area contributed by atoms with E-state index in [0.29, 0.717) is 17.9 Å². The molecule has 0 unspecified atom stereocenters. The Labute approximate surface area is 138 Å². The molecule has 3 heterocycles. The van der Waals surface area contributed by atoms with Gasteiger partial charge in [0.05, 0.1) is 5.69 Å². The molecule has 0 saturated heterocycles. The highest BCUT2D eigenvalue weighted by molar-refractivity contribution is 5.76. The zero-order valence-electron chi connectivity index (χ0n) is 13.2. The van der Waals surface area contributed by atoms with E-state index in [0.717, 1.165) is 28.0 Å². The van der Waals surface area contributed by atoms with Crippen molar-refractivity contribution in [3.05, 3.63) is 65.4 Å². The second-order valence-electron chi connectivity index (χ2n) is 5.76. The number of aryl methyl sites for hydroxylation is 1. The molecule has 1 aromatic carbocycles. The summed E-state index contributed by atoms with van der Waals surface area (Å²) in [6.45, 7) is 2.07. The summed E-state index contributed by atoms with van der Waals surface area (Å²) in [7, 11) is 0. The van der Waals surface area contributed by atoms with Crippen LogP contribution in [0.4, 0.5) is 5.82 Å². The summed E-state index contributed by atoms with van der Waals surface area (Å²) in [6, 6.07) is 16.2. The van der Waals surface area contributed by atoms with E-state index in [1.807, 2.05) is 24.3 Å². The largest absolute Gasteiger partial charge is 0.384 e. The maximum atomic E-state index is 5.86. The second-order valence-corrected chi connectivity index (χ2v) is 5.76. The highest BCUT2D eigenvalue weighted by atomic mass is 15.3. The number of nitrogens with two attached hydrogens (primary N) is 1. The Bertz CT molecular complexity index is 1000. The normalized spacial score (nSPS) is 11.0. The van der Waals surface area contributed by atoms with Gasteiger partial charge in [-0.05, 0) is 30.7 Å². The number of rotatable bonds is 3. The molecule has 6 nitrogen and oxygen atoms in total. The van der Waals surface area contributed by atoms with Gasteiger partial charge >= 0.3 is 0 Å². The summed E-state index contributed by atoms with van der Waals surface area (Å²) in [4.78, 5) is 8.93. The van der Waals surface area contributed by atoms with Crippen LogP contribution in [0.1, 0.15) is 16.8 Å². The van der Waals surface area contributed by atoms with Crippen LogP contribution in [0.5, 0.6) is 0 Å². The number of hydrogen-bond acceptors (Lipinski definition) is 5. The lowest BCUT2D eigenvalue weighted by molar-refractivity contribution is 0.952. The van der Waals surface area contributed by atoms with Crippen LogP contribution in [0.15, 0.2) is 48.5 Å². The molecule has 3 aromatic heterocycles. The van der Waals surface area contributed by atoms with Crippen molar-refractivity contribution in [3.63, 3.8) is 0 Å². The maximum Gasteiger partial charge on any atom is 0.203 e. The number of H-pyrrole nitrogens is 1. The van der Waals surface area contributed by atoms with Crippen LogP contribution in [0.25, 0.3) is 22.4 Å². The van der Waals surface area contributed by atoms with E-state index in [2.05, 4.69) is 51.6 Å². The first-order valence-electron chi connectivity index (χ1n) is 7.68. The topological polar surface area (TPSA) is 93.4 Å². The van der Waals surface area contributed by atoms with Gasteiger partial charge in [-0.3, -0.25) is 4.98 Å². The Balaban J connectivity index is 1.71. The van der Waals surface area contributed by atoms with Crippen molar-refractivity contribution in [3.8, 4) is 11.3 Å². The average molecular weight is 316 g/mol. The highest BCUT2D eigenvalue weighted by Gasteiger charge is 2.10. The Kier molecular flexibility index (Phi) is 3.42. The SMILES string of the molecule is Cc1ccc(-c2cccc(Cc3cc(N)nc4n[nH]nc34)n2)cc1. The summed E-state index contributed by atoms with van der Waals surface area (Å²) in [6.07, 6.45) is 0.620. The molecule has 4 aromatic rings. The van der Waals surface area contributed by atoms with Crippen molar-refractivity contribution in [2.24, 2.45) is 0 Å². The number of nitrogen functional groups attached to an aromatic ring is 1. The van der Waals surface area contributed by atoms with Crippen molar-refractivity contribution >= 4 is 17.0 Å². The predicted octanol–water partition coefficient (Wildman–Crippen LogP) is 2.90.